The maximum Gasteiger partial charge on any atom is 0.472 e. The number of allylic oxidation sites excluding steroid dienone is 8. The molecular weight excluding hydrogens is 1020 g/mol. The van der Waals surface area contributed by atoms with E-state index in [0.717, 1.165) is 109 Å². The Bertz CT molecular complexity index is 1530. The molecule has 0 aromatic heterocycles. The third kappa shape index (κ3) is 60.0. The Morgan fingerprint density at radius 3 is 0.975 bits per heavy atom. The van der Waals surface area contributed by atoms with E-state index in [1.807, 2.05) is 0 Å². The monoisotopic (exact) mass is 1150 g/mol. The zero-order valence-corrected chi connectivity index (χ0v) is 53.0. The van der Waals surface area contributed by atoms with Crippen molar-refractivity contribution in [2.24, 2.45) is 0 Å². The van der Waals surface area contributed by atoms with Crippen LogP contribution in [0.25, 0.3) is 0 Å². The highest BCUT2D eigenvalue weighted by atomic mass is 31.2. The van der Waals surface area contributed by atoms with Gasteiger partial charge in [-0.2, -0.15) is 0 Å². The summed E-state index contributed by atoms with van der Waals surface area (Å²) in [7, 11) is -4.76. The summed E-state index contributed by atoms with van der Waals surface area (Å²) in [5.74, 6) is -1.46. The van der Waals surface area contributed by atoms with Gasteiger partial charge in [0.25, 0.3) is 0 Å². The molecule has 0 bridgehead atoms. The normalized spacial score (nSPS) is 13.5. The third-order valence-corrected chi connectivity index (χ3v) is 15.7. The third-order valence-electron chi connectivity index (χ3n) is 14.7. The predicted molar refractivity (Wildman–Crippen MR) is 335 cm³/mol. The maximum absolute atomic E-state index is 13.0. The average molecular weight is 1150 g/mol. The summed E-state index contributed by atoms with van der Waals surface area (Å²) in [4.78, 5) is 48.8. The van der Waals surface area contributed by atoms with Crippen molar-refractivity contribution in [3.05, 3.63) is 48.6 Å². The highest BCUT2D eigenvalue weighted by Gasteiger charge is 2.28. The molecule has 0 saturated heterocycles. The van der Waals surface area contributed by atoms with Crippen LogP contribution in [0, 0.1) is 0 Å². The summed E-state index contributed by atoms with van der Waals surface area (Å²) in [6.07, 6.45) is 69.1. The molecule has 11 nitrogen and oxygen atoms in total. The van der Waals surface area contributed by atoms with E-state index in [2.05, 4.69) is 69.4 Å². The van der Waals surface area contributed by atoms with Gasteiger partial charge in [0, 0.05) is 19.3 Å². The first-order valence-electron chi connectivity index (χ1n) is 33.5. The molecule has 0 fully saturated rings. The lowest BCUT2D eigenvalue weighted by atomic mass is 10.0. The number of phosphoric acid groups is 1. The predicted octanol–water partition coefficient (Wildman–Crippen LogP) is 20.5. The molecule has 0 heterocycles. The average Bonchev–Trinajstić information content (AvgIpc) is 3.45. The summed E-state index contributed by atoms with van der Waals surface area (Å²) in [6.45, 7) is 4.66. The maximum atomic E-state index is 13.0. The molecule has 468 valence electrons. The molecule has 0 aliphatic carbocycles. The van der Waals surface area contributed by atoms with E-state index in [-0.39, 0.29) is 25.9 Å². The van der Waals surface area contributed by atoms with Gasteiger partial charge in [0.2, 0.25) is 0 Å². The van der Waals surface area contributed by atoms with Gasteiger partial charge in [0.05, 0.1) is 19.8 Å². The minimum Gasteiger partial charge on any atom is -0.462 e. The first kappa shape index (κ1) is 77.4. The van der Waals surface area contributed by atoms with E-state index in [1.54, 1.807) is 0 Å². The van der Waals surface area contributed by atoms with Crippen LogP contribution in [0.5, 0.6) is 0 Å². The molecule has 0 amide bonds. The fourth-order valence-electron chi connectivity index (χ4n) is 9.60. The van der Waals surface area contributed by atoms with Crippen LogP contribution < -0.4 is 0 Å². The van der Waals surface area contributed by atoms with Crippen LogP contribution in [0.3, 0.4) is 0 Å². The van der Waals surface area contributed by atoms with Gasteiger partial charge >= 0.3 is 25.7 Å². The number of aliphatic hydroxyl groups is 1. The molecule has 0 spiro atoms. The van der Waals surface area contributed by atoms with Crippen LogP contribution in [0.15, 0.2) is 48.6 Å². The van der Waals surface area contributed by atoms with Crippen molar-refractivity contribution in [3.63, 3.8) is 0 Å². The Hall–Kier alpha value is -2.56. The molecule has 3 unspecified atom stereocenters. The van der Waals surface area contributed by atoms with Crippen molar-refractivity contribution >= 4 is 25.7 Å². The molecule has 0 saturated carbocycles. The summed E-state index contributed by atoms with van der Waals surface area (Å²) in [5.41, 5.74) is 0. The lowest BCUT2D eigenvalue weighted by Crippen LogP contribution is -2.30. The minimum absolute atomic E-state index is 0.169. The highest BCUT2D eigenvalue weighted by molar-refractivity contribution is 7.47. The number of hydrogen-bond donors (Lipinski definition) is 2. The lowest BCUT2D eigenvalue weighted by molar-refractivity contribution is -0.161. The number of esters is 3. The molecule has 0 aliphatic heterocycles. The van der Waals surface area contributed by atoms with Crippen molar-refractivity contribution in [1.29, 1.82) is 0 Å². The second-order valence-corrected chi connectivity index (χ2v) is 24.1. The Morgan fingerprint density at radius 1 is 0.350 bits per heavy atom. The molecule has 0 rings (SSSR count). The molecule has 2 N–H and O–H groups in total. The molecule has 0 radical (unpaired) electrons. The summed E-state index contributed by atoms with van der Waals surface area (Å²) < 4.78 is 39.7. The molecule has 3 atom stereocenters. The second kappa shape index (κ2) is 62.5. The van der Waals surface area contributed by atoms with Crippen LogP contribution in [0.1, 0.15) is 329 Å². The van der Waals surface area contributed by atoms with Crippen molar-refractivity contribution in [2.75, 3.05) is 26.4 Å². The smallest absolute Gasteiger partial charge is 0.462 e. The number of aliphatic hydroxyl groups excluding tert-OH is 1. The Morgan fingerprint density at radius 2 is 0.613 bits per heavy atom. The number of carbonyl (C=O) groups excluding carboxylic acids is 3. The Balaban J connectivity index is 4.69. The summed E-state index contributed by atoms with van der Waals surface area (Å²) in [5, 5.41) is 9.85. The van der Waals surface area contributed by atoms with E-state index in [1.165, 1.54) is 161 Å². The summed E-state index contributed by atoms with van der Waals surface area (Å²) in [6, 6.07) is 0. The Kier molecular flexibility index (Phi) is 60.5. The van der Waals surface area contributed by atoms with E-state index in [0.29, 0.717) is 19.3 Å². The molecule has 80 heavy (non-hydrogen) atoms. The van der Waals surface area contributed by atoms with Gasteiger partial charge in [-0.05, 0) is 83.5 Å². The SMILES string of the molecule is CCCCC/C=C\C/C=C\C/C=C\CCCCCCCCC(=O)OCC(COP(=O)(O)OCC(CO)OC(=O)CCCCCCC/C=C\CCCCCCCC)OC(=O)CCCCCCCCCCCCCCCCCCCCC. The zero-order chi connectivity index (χ0) is 58.3. The molecule has 0 aliphatic rings. The van der Waals surface area contributed by atoms with Gasteiger partial charge in [0.1, 0.15) is 12.7 Å². The van der Waals surface area contributed by atoms with Crippen LogP contribution in [-0.4, -0.2) is 66.5 Å². The van der Waals surface area contributed by atoms with Gasteiger partial charge in [-0.1, -0.05) is 275 Å². The first-order chi connectivity index (χ1) is 39.2. The van der Waals surface area contributed by atoms with E-state index < -0.39 is 57.8 Å². The van der Waals surface area contributed by atoms with Gasteiger partial charge in [0.15, 0.2) is 6.10 Å². The quantitative estimate of drug-likeness (QED) is 0.0197. The van der Waals surface area contributed by atoms with Crippen molar-refractivity contribution in [1.82, 2.24) is 0 Å². The number of unbranched alkanes of at least 4 members (excludes halogenated alkanes) is 38. The van der Waals surface area contributed by atoms with Gasteiger partial charge in [-0.3, -0.25) is 23.4 Å². The van der Waals surface area contributed by atoms with E-state index in [4.69, 9.17) is 23.3 Å². The largest absolute Gasteiger partial charge is 0.472 e. The fraction of sp³-hybridized carbons (Fsp3) is 0.838. The fourth-order valence-corrected chi connectivity index (χ4v) is 10.4. The van der Waals surface area contributed by atoms with Gasteiger partial charge < -0.3 is 24.2 Å². The van der Waals surface area contributed by atoms with Gasteiger partial charge in [-0.25, -0.2) is 4.57 Å². The zero-order valence-electron chi connectivity index (χ0n) is 52.1. The lowest BCUT2D eigenvalue weighted by Gasteiger charge is -2.21. The summed E-state index contributed by atoms with van der Waals surface area (Å²) >= 11 is 0. The van der Waals surface area contributed by atoms with Gasteiger partial charge in [-0.15, -0.1) is 0 Å². The van der Waals surface area contributed by atoms with Crippen LogP contribution in [0.4, 0.5) is 0 Å². The number of carbonyl (C=O) groups is 3. The number of phosphoric ester groups is 1. The standard InChI is InChI=1S/C68H125O11P/c1-4-7-10-13-16-19-22-25-28-30-32-34-37-39-42-45-48-51-54-57-66(70)75-61-65(79-68(72)59-56-53-50-47-44-41-38-35-33-31-29-26-23-20-17-14-11-8-5-2)63-77-80(73,74)76-62-64(60-69)78-67(71)58-55-52-49-46-43-40-36-27-24-21-18-15-12-9-6-3/h16,19,25,27-28,32,34,36,64-65,69H,4-15,17-18,20-24,26,29-31,33,35,37-63H2,1-3H3,(H,73,74)/b19-16-,28-25-,34-32-,36-27-. The minimum atomic E-state index is -4.76. The van der Waals surface area contributed by atoms with Crippen molar-refractivity contribution in [2.45, 2.75) is 341 Å². The second-order valence-electron chi connectivity index (χ2n) is 22.6. The Labute approximate surface area is 492 Å². The van der Waals surface area contributed by atoms with Crippen molar-refractivity contribution < 1.29 is 52.2 Å². The first-order valence-corrected chi connectivity index (χ1v) is 35.0. The highest BCUT2D eigenvalue weighted by Crippen LogP contribution is 2.43. The molecule has 0 aromatic rings. The number of ether oxygens (including phenoxy) is 3. The number of rotatable bonds is 63. The van der Waals surface area contributed by atoms with E-state index >= 15 is 0 Å². The van der Waals surface area contributed by atoms with Crippen LogP contribution in [0.2, 0.25) is 0 Å². The molecular formula is C68H125O11P. The molecule has 0 aromatic carbocycles. The van der Waals surface area contributed by atoms with Crippen molar-refractivity contribution in [3.8, 4) is 0 Å². The van der Waals surface area contributed by atoms with Crippen LogP contribution >= 0.6 is 7.82 Å². The topological polar surface area (TPSA) is 155 Å². The number of hydrogen-bond acceptors (Lipinski definition) is 10. The van der Waals surface area contributed by atoms with E-state index in [9.17, 15) is 28.9 Å². The molecule has 12 heteroatoms. The van der Waals surface area contributed by atoms with Crippen LogP contribution in [-0.2, 0) is 42.2 Å².